The van der Waals surface area contributed by atoms with Crippen LogP contribution in [0.25, 0.3) is 5.69 Å². The van der Waals surface area contributed by atoms with Crippen LogP contribution < -0.4 is 0 Å². The molecular weight excluding hydrogens is 250 g/mol. The van der Waals surface area contributed by atoms with Crippen LogP contribution in [0.5, 0.6) is 0 Å². The summed E-state index contributed by atoms with van der Waals surface area (Å²) in [6.45, 7) is 0. The lowest BCUT2D eigenvalue weighted by Crippen LogP contribution is -1.98. The van der Waals surface area contributed by atoms with Crippen molar-refractivity contribution in [3.8, 4) is 5.69 Å². The maximum atomic E-state index is 5.03. The largest absolute Gasteiger partial charge is 0.361 e. The van der Waals surface area contributed by atoms with Crippen molar-refractivity contribution in [2.24, 2.45) is 0 Å². The third-order valence-corrected chi connectivity index (χ3v) is 3.22. The Kier molecular flexibility index (Phi) is 3.05. The number of thioether (sulfide) groups is 1. The van der Waals surface area contributed by atoms with E-state index in [0.29, 0.717) is 5.75 Å². The number of aromatic nitrogens is 5. The van der Waals surface area contributed by atoms with E-state index in [-0.39, 0.29) is 0 Å². The minimum Gasteiger partial charge on any atom is -0.361 e. The van der Waals surface area contributed by atoms with Gasteiger partial charge in [-0.3, -0.25) is 0 Å². The lowest BCUT2D eigenvalue weighted by Gasteiger charge is -2.02. The number of tetrazole rings is 1. The summed E-state index contributed by atoms with van der Waals surface area (Å²) in [7, 11) is 0. The molecule has 90 valence electrons. The van der Waals surface area contributed by atoms with Crippen LogP contribution in [-0.4, -0.2) is 25.4 Å². The Hall–Kier alpha value is -2.15. The highest BCUT2D eigenvalue weighted by molar-refractivity contribution is 7.98. The maximum Gasteiger partial charge on any atom is 0.214 e. The summed E-state index contributed by atoms with van der Waals surface area (Å²) in [6.07, 6.45) is 1.62. The molecular formula is C11H9N5OS. The van der Waals surface area contributed by atoms with Gasteiger partial charge < -0.3 is 4.52 Å². The van der Waals surface area contributed by atoms with Crippen LogP contribution in [0.3, 0.4) is 0 Å². The van der Waals surface area contributed by atoms with Gasteiger partial charge in [0, 0.05) is 6.07 Å². The van der Waals surface area contributed by atoms with Crippen molar-refractivity contribution in [2.75, 3.05) is 0 Å². The summed E-state index contributed by atoms with van der Waals surface area (Å²) >= 11 is 1.50. The van der Waals surface area contributed by atoms with E-state index in [1.807, 2.05) is 36.4 Å². The molecule has 0 bridgehead atoms. The Labute approximate surface area is 107 Å². The Morgan fingerprint density at radius 2 is 2.06 bits per heavy atom. The standard InChI is InChI=1S/C11H9N5OS/c1-2-4-9(5-3-1)16-11(13-14-15-16)18-8-10-6-7-12-17-10/h1-7H,8H2. The SMILES string of the molecule is c1ccc(-n2nnnc2SCc2ccno2)cc1. The number of hydrogen-bond acceptors (Lipinski definition) is 6. The molecule has 0 aliphatic rings. The van der Waals surface area contributed by atoms with Crippen molar-refractivity contribution >= 4 is 11.8 Å². The molecule has 1 aromatic carbocycles. The van der Waals surface area contributed by atoms with Gasteiger partial charge in [-0.15, -0.1) is 5.10 Å². The van der Waals surface area contributed by atoms with Crippen molar-refractivity contribution in [3.05, 3.63) is 48.4 Å². The molecule has 3 aromatic rings. The first kappa shape index (κ1) is 11.0. The Morgan fingerprint density at radius 3 is 2.83 bits per heavy atom. The predicted octanol–water partition coefficient (Wildman–Crippen LogP) is 1.94. The summed E-state index contributed by atoms with van der Waals surface area (Å²) in [6, 6.07) is 11.6. The fourth-order valence-corrected chi connectivity index (χ4v) is 2.23. The molecule has 7 heteroatoms. The maximum absolute atomic E-state index is 5.03. The third-order valence-electron chi connectivity index (χ3n) is 2.28. The van der Waals surface area contributed by atoms with Gasteiger partial charge >= 0.3 is 0 Å². The zero-order chi connectivity index (χ0) is 12.2. The topological polar surface area (TPSA) is 69.6 Å². The van der Waals surface area contributed by atoms with E-state index in [4.69, 9.17) is 4.52 Å². The second-order valence-corrected chi connectivity index (χ2v) is 4.42. The molecule has 0 amide bonds. The van der Waals surface area contributed by atoms with Gasteiger partial charge in [-0.05, 0) is 22.6 Å². The van der Waals surface area contributed by atoms with Gasteiger partial charge in [-0.25, -0.2) is 0 Å². The van der Waals surface area contributed by atoms with E-state index in [9.17, 15) is 0 Å². The van der Waals surface area contributed by atoms with E-state index >= 15 is 0 Å². The molecule has 2 aromatic heterocycles. The van der Waals surface area contributed by atoms with Crippen LogP contribution in [-0.2, 0) is 5.75 Å². The van der Waals surface area contributed by atoms with Crippen LogP contribution >= 0.6 is 11.8 Å². The van der Waals surface area contributed by atoms with E-state index in [1.54, 1.807) is 10.9 Å². The summed E-state index contributed by atoms with van der Waals surface area (Å²) in [5.41, 5.74) is 0.933. The summed E-state index contributed by atoms with van der Waals surface area (Å²) in [4.78, 5) is 0. The molecule has 0 aliphatic heterocycles. The van der Waals surface area contributed by atoms with Crippen LogP contribution in [0.4, 0.5) is 0 Å². The molecule has 3 rings (SSSR count). The second kappa shape index (κ2) is 5.01. The van der Waals surface area contributed by atoms with Gasteiger partial charge in [0.2, 0.25) is 5.16 Å². The fraction of sp³-hybridized carbons (Fsp3) is 0.0909. The molecule has 0 spiro atoms. The molecule has 0 fully saturated rings. The van der Waals surface area contributed by atoms with Crippen LogP contribution in [0.1, 0.15) is 5.76 Å². The number of benzene rings is 1. The number of nitrogens with zero attached hydrogens (tertiary/aromatic N) is 5. The average Bonchev–Trinajstić information content (AvgIpc) is 3.09. The lowest BCUT2D eigenvalue weighted by molar-refractivity contribution is 0.395. The molecule has 0 aliphatic carbocycles. The quantitative estimate of drug-likeness (QED) is 0.667. The van der Waals surface area contributed by atoms with Crippen LogP contribution in [0.2, 0.25) is 0 Å². The zero-order valence-electron chi connectivity index (χ0n) is 9.30. The fourth-order valence-electron chi connectivity index (χ4n) is 1.45. The Morgan fingerprint density at radius 1 is 1.17 bits per heavy atom. The molecule has 2 heterocycles. The molecule has 0 saturated heterocycles. The first-order valence-electron chi connectivity index (χ1n) is 5.29. The number of hydrogen-bond donors (Lipinski definition) is 0. The van der Waals surface area contributed by atoms with Crippen LogP contribution in [0.15, 0.2) is 52.3 Å². The van der Waals surface area contributed by atoms with Crippen molar-refractivity contribution < 1.29 is 4.52 Å². The monoisotopic (exact) mass is 259 g/mol. The van der Waals surface area contributed by atoms with E-state index in [1.165, 1.54) is 11.8 Å². The van der Waals surface area contributed by atoms with Crippen molar-refractivity contribution in [1.82, 2.24) is 25.4 Å². The number of para-hydroxylation sites is 1. The Balaban J connectivity index is 1.80. The van der Waals surface area contributed by atoms with Gasteiger partial charge in [0.05, 0.1) is 17.6 Å². The summed E-state index contributed by atoms with van der Waals surface area (Å²) < 4.78 is 6.72. The van der Waals surface area contributed by atoms with Gasteiger partial charge in [-0.1, -0.05) is 35.1 Å². The minimum absolute atomic E-state index is 0.646. The normalized spacial score (nSPS) is 10.7. The molecule has 6 nitrogen and oxygen atoms in total. The van der Waals surface area contributed by atoms with Crippen molar-refractivity contribution in [3.63, 3.8) is 0 Å². The lowest BCUT2D eigenvalue weighted by atomic mass is 10.3. The number of rotatable bonds is 4. The molecule has 0 atom stereocenters. The van der Waals surface area contributed by atoms with Crippen molar-refractivity contribution in [2.45, 2.75) is 10.9 Å². The van der Waals surface area contributed by atoms with Crippen LogP contribution in [0, 0.1) is 0 Å². The molecule has 0 radical (unpaired) electrons. The first-order valence-corrected chi connectivity index (χ1v) is 6.28. The van der Waals surface area contributed by atoms with Gasteiger partial charge in [0.1, 0.15) is 5.76 Å². The van der Waals surface area contributed by atoms with Gasteiger partial charge in [0.25, 0.3) is 0 Å². The summed E-state index contributed by atoms with van der Waals surface area (Å²) in [5.74, 6) is 1.44. The van der Waals surface area contributed by atoms with Gasteiger partial charge in [0.15, 0.2) is 0 Å². The van der Waals surface area contributed by atoms with E-state index in [2.05, 4.69) is 20.7 Å². The summed E-state index contributed by atoms with van der Waals surface area (Å²) in [5, 5.41) is 16.0. The highest BCUT2D eigenvalue weighted by Crippen LogP contribution is 2.21. The molecule has 18 heavy (non-hydrogen) atoms. The molecule has 0 unspecified atom stereocenters. The third kappa shape index (κ3) is 2.25. The smallest absolute Gasteiger partial charge is 0.214 e. The van der Waals surface area contributed by atoms with Gasteiger partial charge in [-0.2, -0.15) is 4.68 Å². The Bertz CT molecular complexity index is 607. The van der Waals surface area contributed by atoms with E-state index < -0.39 is 0 Å². The second-order valence-electron chi connectivity index (χ2n) is 3.48. The molecule has 0 N–H and O–H groups in total. The minimum atomic E-state index is 0.646. The van der Waals surface area contributed by atoms with E-state index in [0.717, 1.165) is 16.6 Å². The predicted molar refractivity (Wildman–Crippen MR) is 65.2 cm³/mol. The average molecular weight is 259 g/mol. The highest BCUT2D eigenvalue weighted by atomic mass is 32.2. The van der Waals surface area contributed by atoms with Crippen molar-refractivity contribution in [1.29, 1.82) is 0 Å². The highest BCUT2D eigenvalue weighted by Gasteiger charge is 2.09. The molecule has 0 saturated carbocycles. The zero-order valence-corrected chi connectivity index (χ0v) is 10.1. The first-order chi connectivity index (χ1) is 8.93.